The Morgan fingerprint density at radius 2 is 1.97 bits per heavy atom. The van der Waals surface area contributed by atoms with E-state index in [0.717, 1.165) is 50.6 Å². The first-order valence-corrected chi connectivity index (χ1v) is 12.9. The van der Waals surface area contributed by atoms with Gasteiger partial charge in [-0.1, -0.05) is 6.07 Å². The molecular formula is C27H32FN7O2. The summed E-state index contributed by atoms with van der Waals surface area (Å²) >= 11 is 0. The average Bonchev–Trinajstić information content (AvgIpc) is 3.53. The largest absolute Gasteiger partial charge is 0.380 e. The lowest BCUT2D eigenvalue weighted by atomic mass is 9.92. The third kappa shape index (κ3) is 4.63. The number of morpholine rings is 1. The second-order valence-corrected chi connectivity index (χ2v) is 10.4. The average molecular weight is 506 g/mol. The summed E-state index contributed by atoms with van der Waals surface area (Å²) in [5.41, 5.74) is 2.68. The molecule has 0 aromatic carbocycles. The zero-order chi connectivity index (χ0) is 25.5. The van der Waals surface area contributed by atoms with E-state index in [2.05, 4.69) is 38.0 Å². The first-order chi connectivity index (χ1) is 18.0. The van der Waals surface area contributed by atoms with Crippen molar-refractivity contribution in [3.8, 4) is 6.07 Å². The summed E-state index contributed by atoms with van der Waals surface area (Å²) in [5.74, 6) is 1.08. The van der Waals surface area contributed by atoms with Gasteiger partial charge in [-0.15, -0.1) is 0 Å². The summed E-state index contributed by atoms with van der Waals surface area (Å²) in [4.78, 5) is 11.6. The van der Waals surface area contributed by atoms with Gasteiger partial charge in [-0.2, -0.15) is 10.4 Å². The van der Waals surface area contributed by atoms with Crippen molar-refractivity contribution in [3.63, 3.8) is 0 Å². The van der Waals surface area contributed by atoms with Crippen molar-refractivity contribution in [1.29, 1.82) is 5.26 Å². The Morgan fingerprint density at radius 3 is 2.70 bits per heavy atom. The Bertz CT molecular complexity index is 1300. The highest BCUT2D eigenvalue weighted by Crippen LogP contribution is 2.31. The van der Waals surface area contributed by atoms with Gasteiger partial charge < -0.3 is 19.3 Å². The standard InChI is InChI=1S/C27H32FN7O2/c1-18-12-34(25-5-4-21(9-29)35-27(25)24(28)11-31-35)17-23(37-18)15-32-13-20(14-32)19-3-6-26(30-10-19)33-8-7-22(16-33)36-2/h3-6,10-11,18,20,22-23H,7-8,12-17H2,1-2H3/t18-,22+,23+/m1/s1. The van der Waals surface area contributed by atoms with Crippen LogP contribution >= 0.6 is 0 Å². The maximum atomic E-state index is 14.6. The highest BCUT2D eigenvalue weighted by Gasteiger charge is 2.34. The zero-order valence-electron chi connectivity index (χ0n) is 21.3. The number of halogens is 1. The van der Waals surface area contributed by atoms with Crippen LogP contribution in [0.15, 0.2) is 36.7 Å². The quantitative estimate of drug-likeness (QED) is 0.506. The molecule has 3 fully saturated rings. The Labute approximate surface area is 216 Å². The fourth-order valence-corrected chi connectivity index (χ4v) is 5.90. The van der Waals surface area contributed by atoms with Crippen LogP contribution in [0.2, 0.25) is 0 Å². The fraction of sp³-hybridized carbons (Fsp3) is 0.519. The van der Waals surface area contributed by atoms with Crippen LogP contribution in [0.3, 0.4) is 0 Å². The topological polar surface area (TPSA) is 82.2 Å². The number of pyridine rings is 2. The van der Waals surface area contributed by atoms with Gasteiger partial charge in [0, 0.05) is 65.0 Å². The lowest BCUT2D eigenvalue weighted by Gasteiger charge is -2.45. The molecule has 37 heavy (non-hydrogen) atoms. The van der Waals surface area contributed by atoms with E-state index in [1.54, 1.807) is 13.2 Å². The number of aromatic nitrogens is 3. The molecule has 0 saturated carbocycles. The van der Waals surface area contributed by atoms with Gasteiger partial charge >= 0.3 is 0 Å². The van der Waals surface area contributed by atoms with Crippen molar-refractivity contribution in [2.45, 2.75) is 37.6 Å². The molecule has 194 valence electrons. The van der Waals surface area contributed by atoms with E-state index in [4.69, 9.17) is 14.5 Å². The van der Waals surface area contributed by atoms with Gasteiger partial charge in [0.25, 0.3) is 0 Å². The van der Waals surface area contributed by atoms with Gasteiger partial charge in [0.1, 0.15) is 23.1 Å². The first kappa shape index (κ1) is 24.1. The van der Waals surface area contributed by atoms with Crippen molar-refractivity contribution in [2.75, 3.05) is 62.7 Å². The van der Waals surface area contributed by atoms with Crippen LogP contribution < -0.4 is 9.80 Å². The van der Waals surface area contributed by atoms with E-state index < -0.39 is 5.82 Å². The van der Waals surface area contributed by atoms with Gasteiger partial charge in [-0.3, -0.25) is 4.90 Å². The SMILES string of the molecule is CO[C@H]1CCN(c2ccc(C3CN(C[C@H]4CN(c5ccc(C#N)n6ncc(F)c56)C[C@@H](C)O4)C3)cn2)C1. The fourth-order valence-electron chi connectivity index (χ4n) is 5.90. The minimum atomic E-state index is -0.420. The number of hydrogen-bond acceptors (Lipinski definition) is 8. The predicted octanol–water partition coefficient (Wildman–Crippen LogP) is 2.66. The van der Waals surface area contributed by atoms with Crippen LogP contribution in [-0.2, 0) is 9.47 Å². The van der Waals surface area contributed by atoms with E-state index in [9.17, 15) is 9.65 Å². The van der Waals surface area contributed by atoms with Crippen LogP contribution in [0.25, 0.3) is 5.52 Å². The third-order valence-electron chi connectivity index (χ3n) is 7.84. The smallest absolute Gasteiger partial charge is 0.171 e. The molecule has 0 spiro atoms. The van der Waals surface area contributed by atoms with E-state index in [0.29, 0.717) is 36.3 Å². The number of hydrogen-bond donors (Lipinski definition) is 0. The summed E-state index contributed by atoms with van der Waals surface area (Å²) in [6, 6.07) is 9.94. The van der Waals surface area contributed by atoms with Gasteiger partial charge in [0.05, 0.1) is 30.2 Å². The van der Waals surface area contributed by atoms with Crippen LogP contribution in [0.5, 0.6) is 0 Å². The molecule has 0 unspecified atom stereocenters. The predicted molar refractivity (Wildman–Crippen MR) is 137 cm³/mol. The van der Waals surface area contributed by atoms with Crippen molar-refractivity contribution in [2.24, 2.45) is 0 Å². The maximum Gasteiger partial charge on any atom is 0.171 e. The highest BCUT2D eigenvalue weighted by atomic mass is 19.1. The van der Waals surface area contributed by atoms with Crippen LogP contribution in [0, 0.1) is 17.1 Å². The first-order valence-electron chi connectivity index (χ1n) is 12.9. The summed E-state index contributed by atoms with van der Waals surface area (Å²) in [6.45, 7) is 8.03. The van der Waals surface area contributed by atoms with Crippen LogP contribution in [0.4, 0.5) is 15.9 Å². The molecular weight excluding hydrogens is 473 g/mol. The number of nitrogens with zero attached hydrogens (tertiary/aromatic N) is 7. The van der Waals surface area contributed by atoms with Gasteiger partial charge in [-0.25, -0.2) is 13.9 Å². The second-order valence-electron chi connectivity index (χ2n) is 10.4. The molecule has 6 rings (SSSR count). The molecule has 0 bridgehead atoms. The normalized spacial score (nSPS) is 25.0. The summed E-state index contributed by atoms with van der Waals surface area (Å²) < 4.78 is 27.8. The molecule has 3 aromatic heterocycles. The van der Waals surface area contributed by atoms with Crippen molar-refractivity contribution in [1.82, 2.24) is 19.5 Å². The Hall–Kier alpha value is -3.26. The number of fused-ring (bicyclic) bond motifs is 1. The van der Waals surface area contributed by atoms with Crippen LogP contribution in [0.1, 0.15) is 30.5 Å². The Morgan fingerprint density at radius 1 is 1.11 bits per heavy atom. The third-order valence-corrected chi connectivity index (χ3v) is 7.84. The van der Waals surface area contributed by atoms with Crippen molar-refractivity contribution < 1.29 is 13.9 Å². The molecule has 9 nitrogen and oxygen atoms in total. The molecule has 3 atom stereocenters. The molecule has 3 aliphatic heterocycles. The number of rotatable bonds is 6. The molecule has 0 amide bonds. The van der Waals surface area contributed by atoms with E-state index in [1.165, 1.54) is 16.3 Å². The zero-order valence-corrected chi connectivity index (χ0v) is 21.3. The summed E-state index contributed by atoms with van der Waals surface area (Å²) in [6.07, 6.45) is 4.56. The number of likely N-dealkylation sites (tertiary alicyclic amines) is 1. The van der Waals surface area contributed by atoms with Crippen molar-refractivity contribution in [3.05, 3.63) is 53.7 Å². The van der Waals surface area contributed by atoms with E-state index in [-0.39, 0.29) is 12.2 Å². The summed E-state index contributed by atoms with van der Waals surface area (Å²) in [5, 5.41) is 13.4. The minimum Gasteiger partial charge on any atom is -0.380 e. The van der Waals surface area contributed by atoms with Gasteiger partial charge in [0.2, 0.25) is 0 Å². The highest BCUT2D eigenvalue weighted by molar-refractivity contribution is 5.74. The van der Waals surface area contributed by atoms with Crippen LogP contribution in [-0.4, -0.2) is 90.7 Å². The molecule has 10 heteroatoms. The second kappa shape index (κ2) is 9.89. The minimum absolute atomic E-state index is 0.00998. The van der Waals surface area contributed by atoms with Crippen molar-refractivity contribution >= 4 is 17.0 Å². The molecule has 3 aliphatic rings. The van der Waals surface area contributed by atoms with E-state index in [1.807, 2.05) is 19.2 Å². The molecule has 0 radical (unpaired) electrons. The van der Waals surface area contributed by atoms with Gasteiger partial charge in [0.15, 0.2) is 5.82 Å². The maximum absolute atomic E-state index is 14.6. The number of nitriles is 1. The Balaban J connectivity index is 1.07. The number of ether oxygens (including phenoxy) is 2. The lowest BCUT2D eigenvalue weighted by Crippen LogP contribution is -2.55. The molecule has 3 saturated heterocycles. The number of anilines is 2. The molecule has 6 heterocycles. The molecule has 3 aromatic rings. The summed E-state index contributed by atoms with van der Waals surface area (Å²) in [7, 11) is 1.77. The monoisotopic (exact) mass is 505 g/mol. The molecule has 0 N–H and O–H groups in total. The Kier molecular flexibility index (Phi) is 6.44. The lowest BCUT2D eigenvalue weighted by molar-refractivity contribution is -0.0435. The number of methoxy groups -OCH3 is 1. The van der Waals surface area contributed by atoms with Gasteiger partial charge in [-0.05, 0) is 37.1 Å². The molecule has 0 aliphatic carbocycles. The van der Waals surface area contributed by atoms with E-state index >= 15 is 0 Å².